The molecule has 0 aliphatic rings. The van der Waals surface area contributed by atoms with Crippen LogP contribution in [0, 0.1) is 0 Å². The molecule has 0 aromatic heterocycles. The summed E-state index contributed by atoms with van der Waals surface area (Å²) in [5, 5.41) is 0. The zero-order valence-electron chi connectivity index (χ0n) is 13.1. The summed E-state index contributed by atoms with van der Waals surface area (Å²) in [6.45, 7) is 2.15. The van der Waals surface area contributed by atoms with E-state index < -0.39 is 5.97 Å². The highest BCUT2D eigenvalue weighted by molar-refractivity contribution is 5.94. The second-order valence-corrected chi connectivity index (χ2v) is 4.80. The Balaban J connectivity index is 1.85. The van der Waals surface area contributed by atoms with Gasteiger partial charge in [0.05, 0.1) is 12.7 Å². The fourth-order valence-corrected chi connectivity index (χ4v) is 1.95. The molecular formula is C18H18O5. The van der Waals surface area contributed by atoms with E-state index in [2.05, 4.69) is 4.74 Å². The van der Waals surface area contributed by atoms with Crippen LogP contribution < -0.4 is 9.47 Å². The predicted molar refractivity (Wildman–Crippen MR) is 85.2 cm³/mol. The molecule has 0 aliphatic heterocycles. The van der Waals surface area contributed by atoms with Crippen molar-refractivity contribution >= 4 is 11.8 Å². The van der Waals surface area contributed by atoms with E-state index in [0.717, 1.165) is 0 Å². The number of esters is 1. The summed E-state index contributed by atoms with van der Waals surface area (Å²) in [5.74, 6) is 0.762. The van der Waals surface area contributed by atoms with Crippen LogP contribution in [0.2, 0.25) is 0 Å². The van der Waals surface area contributed by atoms with Gasteiger partial charge in [-0.2, -0.15) is 0 Å². The molecule has 0 spiro atoms. The van der Waals surface area contributed by atoms with Crippen LogP contribution in [0.25, 0.3) is 0 Å². The highest BCUT2D eigenvalue weighted by Gasteiger charge is 2.06. The highest BCUT2D eigenvalue weighted by atomic mass is 16.5. The molecule has 5 nitrogen and oxygen atoms in total. The smallest absolute Gasteiger partial charge is 0.337 e. The number of carbonyl (C=O) groups is 2. The summed E-state index contributed by atoms with van der Waals surface area (Å²) < 4.78 is 15.7. The molecule has 0 fully saturated rings. The van der Waals surface area contributed by atoms with E-state index in [1.165, 1.54) is 14.0 Å². The third-order valence-electron chi connectivity index (χ3n) is 3.12. The van der Waals surface area contributed by atoms with Gasteiger partial charge in [-0.1, -0.05) is 18.2 Å². The van der Waals surface area contributed by atoms with Gasteiger partial charge >= 0.3 is 5.97 Å². The maximum atomic E-state index is 11.4. The van der Waals surface area contributed by atoms with Crippen molar-refractivity contribution in [1.29, 1.82) is 0 Å². The Bertz CT molecular complexity index is 693. The van der Waals surface area contributed by atoms with Gasteiger partial charge in [-0.3, -0.25) is 4.79 Å². The number of benzene rings is 2. The van der Waals surface area contributed by atoms with Crippen LogP contribution in [0.5, 0.6) is 11.5 Å². The van der Waals surface area contributed by atoms with Crippen molar-refractivity contribution in [2.45, 2.75) is 6.92 Å². The molecule has 0 saturated carbocycles. The number of ketones is 1. The monoisotopic (exact) mass is 314 g/mol. The van der Waals surface area contributed by atoms with Crippen molar-refractivity contribution in [2.24, 2.45) is 0 Å². The van der Waals surface area contributed by atoms with Gasteiger partial charge < -0.3 is 14.2 Å². The molecule has 0 radical (unpaired) electrons. The molecule has 0 heterocycles. The topological polar surface area (TPSA) is 61.8 Å². The molecule has 2 aromatic carbocycles. The number of methoxy groups -OCH3 is 1. The van der Waals surface area contributed by atoms with Crippen LogP contribution in [-0.4, -0.2) is 32.1 Å². The zero-order valence-corrected chi connectivity index (χ0v) is 13.1. The number of hydrogen-bond donors (Lipinski definition) is 0. The van der Waals surface area contributed by atoms with Gasteiger partial charge in [-0.15, -0.1) is 0 Å². The summed E-state index contributed by atoms with van der Waals surface area (Å²) in [5.41, 5.74) is 1.04. The third-order valence-corrected chi connectivity index (χ3v) is 3.12. The molecule has 0 atom stereocenters. The van der Waals surface area contributed by atoms with Gasteiger partial charge in [0, 0.05) is 5.56 Å². The third kappa shape index (κ3) is 4.85. The lowest BCUT2D eigenvalue weighted by Gasteiger charge is -2.09. The molecule has 0 amide bonds. The van der Waals surface area contributed by atoms with Crippen molar-refractivity contribution in [2.75, 3.05) is 20.3 Å². The van der Waals surface area contributed by atoms with Crippen LogP contribution in [0.15, 0.2) is 48.5 Å². The average Bonchev–Trinajstić information content (AvgIpc) is 2.58. The highest BCUT2D eigenvalue weighted by Crippen LogP contribution is 2.15. The van der Waals surface area contributed by atoms with Crippen LogP contribution in [-0.2, 0) is 4.74 Å². The zero-order chi connectivity index (χ0) is 16.7. The quantitative estimate of drug-likeness (QED) is 0.446. The first-order valence-electron chi connectivity index (χ1n) is 7.15. The summed E-state index contributed by atoms with van der Waals surface area (Å²) in [7, 11) is 1.33. The molecule has 0 saturated heterocycles. The molecular weight excluding hydrogens is 296 g/mol. The largest absolute Gasteiger partial charge is 0.490 e. The number of ether oxygens (including phenoxy) is 3. The van der Waals surface area contributed by atoms with E-state index in [1.807, 2.05) is 0 Å². The molecule has 2 rings (SSSR count). The van der Waals surface area contributed by atoms with Gasteiger partial charge in [0.1, 0.15) is 24.7 Å². The van der Waals surface area contributed by atoms with Gasteiger partial charge in [-0.25, -0.2) is 4.79 Å². The first kappa shape index (κ1) is 16.5. The fraction of sp³-hybridized carbons (Fsp3) is 0.222. The molecule has 2 aromatic rings. The van der Waals surface area contributed by atoms with Gasteiger partial charge in [0.25, 0.3) is 0 Å². The van der Waals surface area contributed by atoms with Crippen molar-refractivity contribution < 1.29 is 23.8 Å². The molecule has 120 valence electrons. The molecule has 5 heteroatoms. The van der Waals surface area contributed by atoms with Gasteiger partial charge in [0.15, 0.2) is 5.78 Å². The summed E-state index contributed by atoms with van der Waals surface area (Å²) in [6.07, 6.45) is 0. The minimum atomic E-state index is -0.409. The molecule has 0 N–H and O–H groups in total. The molecule has 0 aliphatic carbocycles. The Morgan fingerprint density at radius 3 is 1.91 bits per heavy atom. The Morgan fingerprint density at radius 1 is 0.870 bits per heavy atom. The number of rotatable bonds is 7. The van der Waals surface area contributed by atoms with E-state index in [-0.39, 0.29) is 5.78 Å². The van der Waals surface area contributed by atoms with Crippen LogP contribution in [0.4, 0.5) is 0 Å². The summed E-state index contributed by atoms with van der Waals surface area (Å²) in [6, 6.07) is 13.7. The van der Waals surface area contributed by atoms with Crippen molar-refractivity contribution in [3.05, 3.63) is 59.7 Å². The maximum Gasteiger partial charge on any atom is 0.337 e. The number of Topliss-reactive ketones (excluding diaryl/α,β-unsaturated/α-hetero) is 1. The molecule has 23 heavy (non-hydrogen) atoms. The predicted octanol–water partition coefficient (Wildman–Crippen LogP) is 3.13. The van der Waals surface area contributed by atoms with Gasteiger partial charge in [0.2, 0.25) is 0 Å². The number of hydrogen-bond acceptors (Lipinski definition) is 5. The lowest BCUT2D eigenvalue weighted by molar-refractivity contribution is 0.0600. The SMILES string of the molecule is COC(=O)c1cccc(OCCOc2cccc(C(C)=O)c2)c1. The summed E-state index contributed by atoms with van der Waals surface area (Å²) in [4.78, 5) is 22.7. The van der Waals surface area contributed by atoms with Crippen LogP contribution in [0.1, 0.15) is 27.6 Å². The van der Waals surface area contributed by atoms with Crippen molar-refractivity contribution in [3.8, 4) is 11.5 Å². The fourth-order valence-electron chi connectivity index (χ4n) is 1.95. The maximum absolute atomic E-state index is 11.4. The van der Waals surface area contributed by atoms with Crippen molar-refractivity contribution in [1.82, 2.24) is 0 Å². The standard InChI is InChI=1S/C18H18O5/c1-13(19)14-5-3-7-16(11-14)22-9-10-23-17-8-4-6-15(12-17)18(20)21-2/h3-8,11-12H,9-10H2,1-2H3. The minimum absolute atomic E-state index is 0.00803. The first-order chi connectivity index (χ1) is 11.1. The molecule has 0 bridgehead atoms. The number of carbonyl (C=O) groups excluding carboxylic acids is 2. The van der Waals surface area contributed by atoms with Gasteiger partial charge in [-0.05, 0) is 37.3 Å². The minimum Gasteiger partial charge on any atom is -0.490 e. The van der Waals surface area contributed by atoms with Crippen LogP contribution in [0.3, 0.4) is 0 Å². The van der Waals surface area contributed by atoms with E-state index in [1.54, 1.807) is 48.5 Å². The van der Waals surface area contributed by atoms with E-state index >= 15 is 0 Å². The van der Waals surface area contributed by atoms with E-state index in [9.17, 15) is 9.59 Å². The van der Waals surface area contributed by atoms with Crippen molar-refractivity contribution in [3.63, 3.8) is 0 Å². The normalized spacial score (nSPS) is 10.0. The Morgan fingerprint density at radius 2 is 1.39 bits per heavy atom. The van der Waals surface area contributed by atoms with E-state index in [4.69, 9.17) is 9.47 Å². The second kappa shape index (κ2) is 7.98. The second-order valence-electron chi connectivity index (χ2n) is 4.80. The lowest BCUT2D eigenvalue weighted by atomic mass is 10.1. The Labute approximate surface area is 134 Å². The van der Waals surface area contributed by atoms with Crippen LogP contribution >= 0.6 is 0 Å². The van der Waals surface area contributed by atoms with E-state index in [0.29, 0.717) is 35.8 Å². The Hall–Kier alpha value is -2.82. The average molecular weight is 314 g/mol. The summed E-state index contributed by atoms with van der Waals surface area (Å²) >= 11 is 0. The Kier molecular flexibility index (Phi) is 5.74. The lowest BCUT2D eigenvalue weighted by Crippen LogP contribution is -2.10. The first-order valence-corrected chi connectivity index (χ1v) is 7.15. The molecule has 0 unspecified atom stereocenters.